The lowest BCUT2D eigenvalue weighted by Gasteiger charge is -2.27. The van der Waals surface area contributed by atoms with Crippen molar-refractivity contribution in [3.8, 4) is 0 Å². The molecule has 10 heteroatoms. The van der Waals surface area contributed by atoms with E-state index in [1.165, 1.54) is 13.3 Å². The highest BCUT2D eigenvalue weighted by molar-refractivity contribution is 6.30. The van der Waals surface area contributed by atoms with Crippen LogP contribution in [0.2, 0.25) is 5.02 Å². The zero-order valence-corrected chi connectivity index (χ0v) is 23.6. The number of halogens is 1. The minimum atomic E-state index is -0.818. The molecule has 0 bridgehead atoms. The minimum Gasteiger partial charge on any atom is -0.467 e. The van der Waals surface area contributed by atoms with E-state index in [0.717, 1.165) is 36.1 Å². The molecule has 2 aromatic carbocycles. The normalized spacial score (nSPS) is 17.7. The Bertz CT molecular complexity index is 1390. The Balaban J connectivity index is 1.55. The fourth-order valence-electron chi connectivity index (χ4n) is 4.84. The molecule has 40 heavy (non-hydrogen) atoms. The first-order valence-corrected chi connectivity index (χ1v) is 13.9. The lowest BCUT2D eigenvalue weighted by molar-refractivity contribution is -0.144. The zero-order valence-electron chi connectivity index (χ0n) is 22.8. The van der Waals surface area contributed by atoms with Crippen molar-refractivity contribution in [1.29, 1.82) is 0 Å². The van der Waals surface area contributed by atoms with Crippen molar-refractivity contribution in [2.75, 3.05) is 24.0 Å². The molecule has 2 heterocycles. The van der Waals surface area contributed by atoms with Crippen molar-refractivity contribution in [2.24, 2.45) is 11.0 Å². The van der Waals surface area contributed by atoms with E-state index in [1.54, 1.807) is 5.01 Å². The molecule has 9 nitrogen and oxygen atoms in total. The second-order valence-electron chi connectivity index (χ2n) is 10.5. The number of carbonyl (C=O) groups excluding carboxylic acids is 2. The van der Waals surface area contributed by atoms with Crippen molar-refractivity contribution in [3.05, 3.63) is 82.5 Å². The van der Waals surface area contributed by atoms with Crippen LogP contribution < -0.4 is 15.6 Å². The minimum absolute atomic E-state index is 0.0743. The molecule has 0 spiro atoms. The Morgan fingerprint density at radius 1 is 1.07 bits per heavy atom. The van der Waals surface area contributed by atoms with Crippen LogP contribution in [0.5, 0.6) is 0 Å². The van der Waals surface area contributed by atoms with E-state index in [0.29, 0.717) is 29.4 Å². The lowest BCUT2D eigenvalue weighted by Crippen LogP contribution is -2.45. The third-order valence-electron chi connectivity index (χ3n) is 7.36. The highest BCUT2D eigenvalue weighted by Crippen LogP contribution is 2.34. The summed E-state index contributed by atoms with van der Waals surface area (Å²) >= 11 is 6.17. The lowest BCUT2D eigenvalue weighted by atomic mass is 9.90. The maximum absolute atomic E-state index is 13.6. The fraction of sp³-hybridized carbons (Fsp3) is 0.367. The van der Waals surface area contributed by atoms with Gasteiger partial charge in [-0.2, -0.15) is 10.1 Å². The SMILES string of the molecule is COC(=O)[C@@H](NC(=O)c1cnc(NC2CCC2)nc1N1CC(c2ccccc2)C(c2ccc(Cl)cc2)=N1)C(C)C. The summed E-state index contributed by atoms with van der Waals surface area (Å²) in [6.45, 7) is 4.16. The van der Waals surface area contributed by atoms with E-state index in [4.69, 9.17) is 26.4 Å². The van der Waals surface area contributed by atoms with Crippen LogP contribution in [0.15, 0.2) is 65.9 Å². The number of rotatable bonds is 9. The Morgan fingerprint density at radius 2 is 1.80 bits per heavy atom. The number of nitrogens with zero attached hydrogens (tertiary/aromatic N) is 4. The first kappa shape index (κ1) is 27.6. The number of hydrazone groups is 1. The molecule has 1 aromatic heterocycles. The van der Waals surface area contributed by atoms with Crippen LogP contribution in [0.1, 0.15) is 60.5 Å². The Labute approximate surface area is 239 Å². The van der Waals surface area contributed by atoms with Gasteiger partial charge in [-0.1, -0.05) is 67.9 Å². The van der Waals surface area contributed by atoms with Gasteiger partial charge in [0.25, 0.3) is 5.91 Å². The number of carbonyl (C=O) groups is 2. The number of anilines is 2. The number of aromatic nitrogens is 2. The van der Waals surface area contributed by atoms with Crippen molar-refractivity contribution >= 4 is 41.0 Å². The van der Waals surface area contributed by atoms with Gasteiger partial charge in [-0.05, 0) is 48.4 Å². The van der Waals surface area contributed by atoms with E-state index < -0.39 is 17.9 Å². The van der Waals surface area contributed by atoms with Gasteiger partial charge in [0, 0.05) is 23.2 Å². The molecule has 1 amide bonds. The van der Waals surface area contributed by atoms with E-state index in [1.807, 2.05) is 56.3 Å². The van der Waals surface area contributed by atoms with Gasteiger partial charge >= 0.3 is 5.97 Å². The summed E-state index contributed by atoms with van der Waals surface area (Å²) in [5, 5.41) is 13.6. The van der Waals surface area contributed by atoms with E-state index in [9.17, 15) is 9.59 Å². The molecule has 0 saturated heterocycles. The number of hydrogen-bond donors (Lipinski definition) is 2. The topological polar surface area (TPSA) is 109 Å². The smallest absolute Gasteiger partial charge is 0.328 e. The molecule has 0 radical (unpaired) electrons. The predicted molar refractivity (Wildman–Crippen MR) is 156 cm³/mol. The number of ether oxygens (including phenoxy) is 1. The first-order valence-electron chi connectivity index (χ1n) is 13.5. The first-order chi connectivity index (χ1) is 19.3. The van der Waals surface area contributed by atoms with Gasteiger partial charge in [0.1, 0.15) is 11.6 Å². The number of amides is 1. The molecule has 1 unspecified atom stereocenters. The van der Waals surface area contributed by atoms with Crippen LogP contribution >= 0.6 is 11.6 Å². The van der Waals surface area contributed by atoms with Crippen molar-refractivity contribution in [1.82, 2.24) is 15.3 Å². The Kier molecular flexibility index (Phi) is 8.30. The van der Waals surface area contributed by atoms with Crippen molar-refractivity contribution in [2.45, 2.75) is 51.1 Å². The molecule has 3 aromatic rings. The molecule has 2 atom stereocenters. The molecule has 1 aliphatic carbocycles. The molecule has 1 aliphatic heterocycles. The highest BCUT2D eigenvalue weighted by Gasteiger charge is 2.34. The monoisotopic (exact) mass is 560 g/mol. The number of nitrogens with one attached hydrogen (secondary N) is 2. The van der Waals surface area contributed by atoms with Crippen molar-refractivity contribution in [3.63, 3.8) is 0 Å². The van der Waals surface area contributed by atoms with Crippen LogP contribution in [-0.2, 0) is 9.53 Å². The van der Waals surface area contributed by atoms with E-state index >= 15 is 0 Å². The summed E-state index contributed by atoms with van der Waals surface area (Å²) in [6.07, 6.45) is 4.76. The van der Waals surface area contributed by atoms with Gasteiger partial charge < -0.3 is 15.4 Å². The van der Waals surface area contributed by atoms with Gasteiger partial charge in [0.15, 0.2) is 5.82 Å². The van der Waals surface area contributed by atoms with E-state index in [-0.39, 0.29) is 17.4 Å². The molecule has 2 N–H and O–H groups in total. The summed E-state index contributed by atoms with van der Waals surface area (Å²) in [5.41, 5.74) is 3.09. The van der Waals surface area contributed by atoms with Gasteiger partial charge in [0.05, 0.1) is 19.4 Å². The third-order valence-corrected chi connectivity index (χ3v) is 7.61. The van der Waals surface area contributed by atoms with Gasteiger partial charge in [0.2, 0.25) is 5.95 Å². The summed E-state index contributed by atoms with van der Waals surface area (Å²) in [7, 11) is 1.31. The molecule has 1 saturated carbocycles. The van der Waals surface area contributed by atoms with Crippen LogP contribution in [0.3, 0.4) is 0 Å². The van der Waals surface area contributed by atoms with E-state index in [2.05, 4.69) is 27.8 Å². The molecular weight excluding hydrogens is 528 g/mol. The van der Waals surface area contributed by atoms with Crippen LogP contribution in [-0.4, -0.2) is 53.3 Å². The summed E-state index contributed by atoms with van der Waals surface area (Å²) in [4.78, 5) is 35.2. The van der Waals surface area contributed by atoms with Gasteiger partial charge in [-0.15, -0.1) is 0 Å². The maximum Gasteiger partial charge on any atom is 0.328 e. The zero-order chi connectivity index (χ0) is 28.2. The molecule has 1 fully saturated rings. The molecule has 2 aliphatic rings. The quantitative estimate of drug-likeness (QED) is 0.353. The molecule has 208 valence electrons. The average Bonchev–Trinajstić information content (AvgIpc) is 3.39. The predicted octanol–water partition coefficient (Wildman–Crippen LogP) is 5.03. The third kappa shape index (κ3) is 5.94. The number of benzene rings is 2. The Hall–Kier alpha value is -3.98. The number of methoxy groups -OCH3 is 1. The second kappa shape index (κ2) is 12.0. The number of hydrogen-bond acceptors (Lipinski definition) is 8. The highest BCUT2D eigenvalue weighted by atomic mass is 35.5. The maximum atomic E-state index is 13.6. The summed E-state index contributed by atoms with van der Waals surface area (Å²) in [6, 6.07) is 17.2. The number of esters is 1. The average molecular weight is 561 g/mol. The van der Waals surface area contributed by atoms with Crippen LogP contribution in [0.25, 0.3) is 0 Å². The Morgan fingerprint density at radius 3 is 2.42 bits per heavy atom. The van der Waals surface area contributed by atoms with Crippen LogP contribution in [0, 0.1) is 5.92 Å². The summed E-state index contributed by atoms with van der Waals surface area (Å²) in [5.74, 6) is -0.426. The second-order valence-corrected chi connectivity index (χ2v) is 10.9. The fourth-order valence-corrected chi connectivity index (χ4v) is 4.97. The molecular formula is C30H33ClN6O3. The van der Waals surface area contributed by atoms with Crippen molar-refractivity contribution < 1.29 is 14.3 Å². The van der Waals surface area contributed by atoms with Gasteiger partial charge in [-0.25, -0.2) is 14.8 Å². The standard InChI is InChI=1S/C30H33ClN6O3/c1-18(2)25(29(39)40-3)34-28(38)23-16-32-30(33-22-10-7-11-22)35-27(23)37-17-24(19-8-5-4-6-9-19)26(36-37)20-12-14-21(31)15-13-20/h4-6,8-9,12-16,18,22,24-25H,7,10-11,17H2,1-3H3,(H,34,38)(H,32,33,35)/t24?,25-/m0/s1. The largest absolute Gasteiger partial charge is 0.467 e. The molecule has 5 rings (SSSR count). The van der Waals surface area contributed by atoms with Gasteiger partial charge in [-0.3, -0.25) is 4.79 Å². The van der Waals surface area contributed by atoms with Crippen LogP contribution in [0.4, 0.5) is 11.8 Å². The summed E-state index contributed by atoms with van der Waals surface area (Å²) < 4.78 is 4.92.